The molecule has 1 heterocycles. The molecule has 2 atom stereocenters. The second-order valence-electron chi connectivity index (χ2n) is 7.61. The maximum Gasteiger partial charge on any atom is 0.280 e. The fourth-order valence-electron chi connectivity index (χ4n) is 2.49. The second kappa shape index (κ2) is 11.2. The summed E-state index contributed by atoms with van der Waals surface area (Å²) in [6, 6.07) is 3.65. The van der Waals surface area contributed by atoms with Gasteiger partial charge in [-0.05, 0) is 32.9 Å². The summed E-state index contributed by atoms with van der Waals surface area (Å²) in [5.41, 5.74) is 6.29. The van der Waals surface area contributed by atoms with E-state index in [4.69, 9.17) is 26.8 Å². The Bertz CT molecular complexity index is 998. The molecule has 0 unspecified atom stereocenters. The van der Waals surface area contributed by atoms with Crippen molar-refractivity contribution in [3.8, 4) is 11.6 Å². The SMILES string of the molecule is CC(C)Oc1ncc(C(=O)N=C(N)c2cc(F)c(OC[C@H](C)[C@@H](C)O)cc2Cl)cc1CO. The molecule has 174 valence electrons. The second-order valence-corrected chi connectivity index (χ2v) is 8.01. The molecule has 1 aromatic heterocycles. The molecular formula is C22H27ClFN3O5. The van der Waals surface area contributed by atoms with E-state index in [0.29, 0.717) is 5.56 Å². The number of amides is 1. The summed E-state index contributed by atoms with van der Waals surface area (Å²) < 4.78 is 25.3. The van der Waals surface area contributed by atoms with Crippen LogP contribution in [0.3, 0.4) is 0 Å². The minimum Gasteiger partial charge on any atom is -0.490 e. The number of aromatic nitrogens is 1. The van der Waals surface area contributed by atoms with Crippen LogP contribution in [0.4, 0.5) is 4.39 Å². The van der Waals surface area contributed by atoms with Crippen molar-refractivity contribution in [3.63, 3.8) is 0 Å². The van der Waals surface area contributed by atoms with Crippen LogP contribution in [0.5, 0.6) is 11.6 Å². The van der Waals surface area contributed by atoms with Gasteiger partial charge in [-0.1, -0.05) is 18.5 Å². The number of pyridine rings is 1. The Labute approximate surface area is 190 Å². The fraction of sp³-hybridized carbons (Fsp3) is 0.409. The number of amidine groups is 1. The topological polar surface area (TPSA) is 127 Å². The molecule has 0 saturated carbocycles. The van der Waals surface area contributed by atoms with E-state index in [2.05, 4.69) is 9.98 Å². The fourth-order valence-corrected chi connectivity index (χ4v) is 2.74. The van der Waals surface area contributed by atoms with Crippen LogP contribution in [0.1, 0.15) is 49.2 Å². The molecule has 2 aromatic rings. The van der Waals surface area contributed by atoms with Gasteiger partial charge in [0.1, 0.15) is 5.84 Å². The lowest BCUT2D eigenvalue weighted by Crippen LogP contribution is -2.21. The molecule has 0 bridgehead atoms. The third-order valence-corrected chi connectivity index (χ3v) is 4.85. The number of carbonyl (C=O) groups excluding carboxylic acids is 1. The quantitative estimate of drug-likeness (QED) is 0.382. The number of halogens is 2. The van der Waals surface area contributed by atoms with Crippen LogP contribution < -0.4 is 15.2 Å². The number of aliphatic imine (C=N–C) groups is 1. The molecular weight excluding hydrogens is 441 g/mol. The number of benzene rings is 1. The molecule has 2 rings (SSSR count). The Kier molecular flexibility index (Phi) is 8.94. The van der Waals surface area contributed by atoms with Crippen LogP contribution in [0, 0.1) is 11.7 Å². The maximum absolute atomic E-state index is 14.5. The zero-order chi connectivity index (χ0) is 24.0. The van der Waals surface area contributed by atoms with Crippen molar-refractivity contribution in [3.05, 3.63) is 51.9 Å². The number of nitrogens with two attached hydrogens (primary N) is 1. The van der Waals surface area contributed by atoms with Crippen molar-refractivity contribution in [1.29, 1.82) is 0 Å². The first kappa shape index (κ1) is 25.5. The summed E-state index contributed by atoms with van der Waals surface area (Å²) in [5, 5.41) is 19.1. The van der Waals surface area contributed by atoms with Gasteiger partial charge in [0, 0.05) is 29.3 Å². The summed E-state index contributed by atoms with van der Waals surface area (Å²) in [4.78, 5) is 20.3. The summed E-state index contributed by atoms with van der Waals surface area (Å²) >= 11 is 6.19. The van der Waals surface area contributed by atoms with Crippen molar-refractivity contribution in [2.75, 3.05) is 6.61 Å². The average Bonchev–Trinajstić information content (AvgIpc) is 2.73. The highest BCUT2D eigenvalue weighted by molar-refractivity contribution is 6.34. The molecule has 0 aliphatic heterocycles. The molecule has 1 aromatic carbocycles. The van der Waals surface area contributed by atoms with Crippen molar-refractivity contribution in [1.82, 2.24) is 4.98 Å². The summed E-state index contributed by atoms with van der Waals surface area (Å²) in [6.07, 6.45) is 0.467. The van der Waals surface area contributed by atoms with E-state index in [1.54, 1.807) is 27.7 Å². The van der Waals surface area contributed by atoms with E-state index >= 15 is 0 Å². The summed E-state index contributed by atoms with van der Waals surface area (Å²) in [7, 11) is 0. The van der Waals surface area contributed by atoms with Crippen molar-refractivity contribution in [2.45, 2.75) is 46.5 Å². The molecule has 0 aliphatic carbocycles. The smallest absolute Gasteiger partial charge is 0.280 e. The van der Waals surface area contributed by atoms with Gasteiger partial charge >= 0.3 is 0 Å². The van der Waals surface area contributed by atoms with E-state index in [0.717, 1.165) is 6.07 Å². The molecule has 1 amide bonds. The highest BCUT2D eigenvalue weighted by atomic mass is 35.5. The van der Waals surface area contributed by atoms with Gasteiger partial charge < -0.3 is 25.4 Å². The predicted octanol–water partition coefficient (Wildman–Crippen LogP) is 3.10. The monoisotopic (exact) mass is 467 g/mol. The number of aliphatic hydroxyl groups is 2. The standard InChI is InChI=1S/C22H27ClFN3O5/c1-11(2)32-22-15(9-28)5-14(8-26-22)21(30)27-20(25)16-6-18(24)19(7-17(16)23)31-10-12(3)13(4)29/h5-8,11-13,28-29H,9-10H2,1-4H3,(H2,25,27,30)/t12-,13+/m0/s1. The number of hydrogen-bond donors (Lipinski definition) is 3. The van der Waals surface area contributed by atoms with Crippen molar-refractivity contribution < 1.29 is 28.9 Å². The Morgan fingerprint density at radius 1 is 1.28 bits per heavy atom. The lowest BCUT2D eigenvalue weighted by atomic mass is 10.1. The van der Waals surface area contributed by atoms with E-state index in [9.17, 15) is 19.4 Å². The average molecular weight is 468 g/mol. The molecule has 32 heavy (non-hydrogen) atoms. The molecule has 4 N–H and O–H groups in total. The number of nitrogens with zero attached hydrogens (tertiary/aromatic N) is 2. The first-order chi connectivity index (χ1) is 15.0. The Morgan fingerprint density at radius 2 is 1.97 bits per heavy atom. The van der Waals surface area contributed by atoms with E-state index in [1.807, 2.05) is 0 Å². The van der Waals surface area contributed by atoms with Gasteiger partial charge in [0.15, 0.2) is 11.6 Å². The van der Waals surface area contributed by atoms with E-state index < -0.39 is 17.8 Å². The Morgan fingerprint density at radius 3 is 2.56 bits per heavy atom. The third-order valence-electron chi connectivity index (χ3n) is 4.53. The number of carbonyl (C=O) groups is 1. The first-order valence-corrected chi connectivity index (χ1v) is 10.4. The maximum atomic E-state index is 14.5. The zero-order valence-corrected chi connectivity index (χ0v) is 19.1. The lowest BCUT2D eigenvalue weighted by Gasteiger charge is -2.16. The first-order valence-electron chi connectivity index (χ1n) is 9.98. The molecule has 10 heteroatoms. The van der Waals surface area contributed by atoms with Gasteiger partial charge in [-0.3, -0.25) is 4.79 Å². The molecule has 0 spiro atoms. The summed E-state index contributed by atoms with van der Waals surface area (Å²) in [6.45, 7) is 6.68. The van der Waals surface area contributed by atoms with Crippen LogP contribution in [0.15, 0.2) is 29.4 Å². The molecule has 0 saturated heterocycles. The van der Waals surface area contributed by atoms with Gasteiger partial charge in [-0.2, -0.15) is 4.99 Å². The molecule has 8 nitrogen and oxygen atoms in total. The van der Waals surface area contributed by atoms with Gasteiger partial charge in [0.2, 0.25) is 5.88 Å². The highest BCUT2D eigenvalue weighted by Crippen LogP contribution is 2.27. The molecule has 0 radical (unpaired) electrons. The van der Waals surface area contributed by atoms with E-state index in [-0.39, 0.29) is 58.9 Å². The summed E-state index contributed by atoms with van der Waals surface area (Å²) in [5.74, 6) is -1.90. The number of rotatable bonds is 9. The van der Waals surface area contributed by atoms with Gasteiger partial charge in [-0.25, -0.2) is 9.37 Å². The predicted molar refractivity (Wildman–Crippen MR) is 119 cm³/mol. The number of ether oxygens (including phenoxy) is 2. The normalized spacial score (nSPS) is 13.7. The zero-order valence-electron chi connectivity index (χ0n) is 18.3. The minimum atomic E-state index is -0.747. The molecule has 0 fully saturated rings. The number of hydrogen-bond acceptors (Lipinski definition) is 6. The van der Waals surface area contributed by atoms with Crippen LogP contribution in [0.25, 0.3) is 0 Å². The Hall–Kier alpha value is -2.75. The van der Waals surface area contributed by atoms with Gasteiger partial charge in [0.05, 0.1) is 36.0 Å². The van der Waals surface area contributed by atoms with Crippen LogP contribution in [0.2, 0.25) is 5.02 Å². The van der Waals surface area contributed by atoms with Crippen molar-refractivity contribution in [2.24, 2.45) is 16.6 Å². The van der Waals surface area contributed by atoms with Gasteiger partial charge in [0.25, 0.3) is 5.91 Å². The lowest BCUT2D eigenvalue weighted by molar-refractivity contribution is 0.0976. The van der Waals surface area contributed by atoms with Crippen LogP contribution >= 0.6 is 11.6 Å². The van der Waals surface area contributed by atoms with Crippen molar-refractivity contribution >= 4 is 23.3 Å². The highest BCUT2D eigenvalue weighted by Gasteiger charge is 2.17. The third kappa shape index (κ3) is 6.62. The minimum absolute atomic E-state index is 0.0172. The van der Waals surface area contributed by atoms with E-state index in [1.165, 1.54) is 18.3 Å². The van der Waals surface area contributed by atoms with Crippen LogP contribution in [-0.4, -0.2) is 45.8 Å². The largest absolute Gasteiger partial charge is 0.490 e. The number of aliphatic hydroxyl groups excluding tert-OH is 2. The molecule has 0 aliphatic rings. The Balaban J connectivity index is 2.25. The van der Waals surface area contributed by atoms with Gasteiger partial charge in [-0.15, -0.1) is 0 Å². The van der Waals surface area contributed by atoms with Crippen LogP contribution in [-0.2, 0) is 6.61 Å².